The Morgan fingerprint density at radius 2 is 2.22 bits per heavy atom. The maximum Gasteiger partial charge on any atom is 0.241 e. The van der Waals surface area contributed by atoms with Crippen LogP contribution in [0.2, 0.25) is 0 Å². The van der Waals surface area contributed by atoms with E-state index in [0.29, 0.717) is 0 Å². The second-order valence-corrected chi connectivity index (χ2v) is 4.39. The highest BCUT2D eigenvalue weighted by Gasteiger charge is 2.08. The Morgan fingerprint density at radius 3 is 2.94 bits per heavy atom. The number of piperazine rings is 1. The Kier molecular flexibility index (Phi) is 5.10. The van der Waals surface area contributed by atoms with Crippen molar-refractivity contribution in [2.45, 2.75) is 13.0 Å². The smallest absolute Gasteiger partial charge is 0.241 e. The highest BCUT2D eigenvalue weighted by Crippen LogP contribution is 1.93. The van der Waals surface area contributed by atoms with Crippen molar-refractivity contribution < 1.29 is 4.79 Å². The molecule has 1 aliphatic heterocycles. The lowest BCUT2D eigenvalue weighted by atomic mass is 10.3. The molecule has 1 amide bonds. The van der Waals surface area contributed by atoms with E-state index in [0.717, 1.165) is 45.7 Å². The van der Waals surface area contributed by atoms with E-state index >= 15 is 0 Å². The number of hydrogen-bond donors (Lipinski definition) is 2. The summed E-state index contributed by atoms with van der Waals surface area (Å²) >= 11 is 0. The molecule has 18 heavy (non-hydrogen) atoms. The van der Waals surface area contributed by atoms with Crippen LogP contribution in [0.5, 0.6) is 0 Å². The highest BCUT2D eigenvalue weighted by molar-refractivity contribution is 5.75. The van der Waals surface area contributed by atoms with Crippen LogP contribution in [0.4, 0.5) is 0 Å². The Morgan fingerprint density at radius 1 is 1.39 bits per heavy atom. The normalized spacial score (nSPS) is 16.7. The molecule has 7 nitrogen and oxygen atoms in total. The molecule has 1 saturated heterocycles. The van der Waals surface area contributed by atoms with E-state index in [1.54, 1.807) is 6.33 Å². The first-order chi connectivity index (χ1) is 8.84. The zero-order valence-corrected chi connectivity index (χ0v) is 10.5. The van der Waals surface area contributed by atoms with Crippen LogP contribution in [0.1, 0.15) is 6.42 Å². The van der Waals surface area contributed by atoms with Gasteiger partial charge in [0.25, 0.3) is 0 Å². The third-order valence-electron chi connectivity index (χ3n) is 2.96. The SMILES string of the molecule is O=C(Cn1cncn1)NCCCN1CCNCC1. The lowest BCUT2D eigenvalue weighted by molar-refractivity contribution is -0.121. The first kappa shape index (κ1) is 13.0. The zero-order valence-electron chi connectivity index (χ0n) is 10.5. The molecule has 0 atom stereocenters. The van der Waals surface area contributed by atoms with E-state index < -0.39 is 0 Å². The predicted octanol–water partition coefficient (Wildman–Crippen LogP) is -1.31. The van der Waals surface area contributed by atoms with Gasteiger partial charge in [0, 0.05) is 32.7 Å². The fourth-order valence-corrected chi connectivity index (χ4v) is 1.98. The van der Waals surface area contributed by atoms with Gasteiger partial charge >= 0.3 is 0 Å². The Hall–Kier alpha value is -1.47. The molecule has 7 heteroatoms. The summed E-state index contributed by atoms with van der Waals surface area (Å²) in [5.41, 5.74) is 0. The van der Waals surface area contributed by atoms with Gasteiger partial charge in [0.2, 0.25) is 5.91 Å². The molecule has 0 radical (unpaired) electrons. The first-order valence-electron chi connectivity index (χ1n) is 6.37. The fraction of sp³-hybridized carbons (Fsp3) is 0.727. The van der Waals surface area contributed by atoms with E-state index in [2.05, 4.69) is 25.6 Å². The summed E-state index contributed by atoms with van der Waals surface area (Å²) in [5.74, 6) is -0.0131. The molecule has 0 spiro atoms. The summed E-state index contributed by atoms with van der Waals surface area (Å²) in [6, 6.07) is 0. The van der Waals surface area contributed by atoms with Crippen LogP contribution in [-0.4, -0.2) is 64.8 Å². The van der Waals surface area contributed by atoms with Gasteiger partial charge in [-0.05, 0) is 13.0 Å². The molecule has 0 saturated carbocycles. The number of nitrogens with zero attached hydrogens (tertiary/aromatic N) is 4. The summed E-state index contributed by atoms with van der Waals surface area (Å²) in [7, 11) is 0. The van der Waals surface area contributed by atoms with Crippen molar-refractivity contribution in [1.29, 1.82) is 0 Å². The van der Waals surface area contributed by atoms with Crippen molar-refractivity contribution in [2.75, 3.05) is 39.3 Å². The number of carbonyl (C=O) groups is 1. The molecular weight excluding hydrogens is 232 g/mol. The van der Waals surface area contributed by atoms with Gasteiger partial charge in [-0.3, -0.25) is 4.79 Å². The molecule has 1 aromatic heterocycles. The molecule has 2 heterocycles. The summed E-state index contributed by atoms with van der Waals surface area (Å²) < 4.78 is 1.52. The van der Waals surface area contributed by atoms with Crippen LogP contribution in [0, 0.1) is 0 Å². The average molecular weight is 252 g/mol. The highest BCUT2D eigenvalue weighted by atomic mass is 16.2. The predicted molar refractivity (Wildman–Crippen MR) is 67.0 cm³/mol. The van der Waals surface area contributed by atoms with Crippen LogP contribution in [0.25, 0.3) is 0 Å². The van der Waals surface area contributed by atoms with Crippen LogP contribution in [0.15, 0.2) is 12.7 Å². The van der Waals surface area contributed by atoms with E-state index in [4.69, 9.17) is 0 Å². The second kappa shape index (κ2) is 7.07. The monoisotopic (exact) mass is 252 g/mol. The topological polar surface area (TPSA) is 75.1 Å². The van der Waals surface area contributed by atoms with E-state index in [1.165, 1.54) is 11.0 Å². The van der Waals surface area contributed by atoms with Gasteiger partial charge in [-0.1, -0.05) is 0 Å². The molecule has 0 unspecified atom stereocenters. The number of amides is 1. The van der Waals surface area contributed by atoms with Crippen molar-refractivity contribution in [3.63, 3.8) is 0 Å². The van der Waals surface area contributed by atoms with Gasteiger partial charge < -0.3 is 15.5 Å². The lowest BCUT2D eigenvalue weighted by Crippen LogP contribution is -2.44. The van der Waals surface area contributed by atoms with Crippen molar-refractivity contribution in [3.05, 3.63) is 12.7 Å². The molecule has 0 bridgehead atoms. The Balaban J connectivity index is 1.53. The minimum atomic E-state index is -0.0131. The van der Waals surface area contributed by atoms with Gasteiger partial charge in [-0.2, -0.15) is 5.10 Å². The third kappa shape index (κ3) is 4.42. The summed E-state index contributed by atoms with van der Waals surface area (Å²) in [4.78, 5) is 17.7. The fourth-order valence-electron chi connectivity index (χ4n) is 1.98. The molecule has 0 aliphatic carbocycles. The molecular formula is C11H20N6O. The van der Waals surface area contributed by atoms with Gasteiger partial charge in [-0.15, -0.1) is 0 Å². The summed E-state index contributed by atoms with van der Waals surface area (Å²) in [6.07, 6.45) is 3.96. The third-order valence-corrected chi connectivity index (χ3v) is 2.96. The van der Waals surface area contributed by atoms with Gasteiger partial charge in [0.1, 0.15) is 19.2 Å². The molecule has 1 aromatic rings. The van der Waals surface area contributed by atoms with Crippen molar-refractivity contribution >= 4 is 5.91 Å². The average Bonchev–Trinajstić information content (AvgIpc) is 2.89. The van der Waals surface area contributed by atoms with Crippen LogP contribution < -0.4 is 10.6 Å². The van der Waals surface area contributed by atoms with E-state index in [9.17, 15) is 4.79 Å². The lowest BCUT2D eigenvalue weighted by Gasteiger charge is -2.27. The van der Waals surface area contributed by atoms with Crippen molar-refractivity contribution in [2.24, 2.45) is 0 Å². The summed E-state index contributed by atoms with van der Waals surface area (Å²) in [5, 5.41) is 10.1. The Labute approximate surface area is 107 Å². The summed E-state index contributed by atoms with van der Waals surface area (Å²) in [6.45, 7) is 6.35. The van der Waals surface area contributed by atoms with Crippen molar-refractivity contribution in [1.82, 2.24) is 30.3 Å². The second-order valence-electron chi connectivity index (χ2n) is 4.39. The Bertz CT molecular complexity index is 346. The van der Waals surface area contributed by atoms with E-state index in [1.807, 2.05) is 0 Å². The number of nitrogens with one attached hydrogen (secondary N) is 2. The van der Waals surface area contributed by atoms with Crippen LogP contribution in [-0.2, 0) is 11.3 Å². The number of rotatable bonds is 6. The number of carbonyl (C=O) groups excluding carboxylic acids is 1. The number of aromatic nitrogens is 3. The molecule has 1 aliphatic rings. The quantitative estimate of drug-likeness (QED) is 0.615. The zero-order chi connectivity index (χ0) is 12.6. The standard InChI is InChI=1S/C11H20N6O/c18-11(8-17-10-13-9-15-17)14-2-1-5-16-6-3-12-4-7-16/h9-10,12H,1-8H2,(H,14,18). The van der Waals surface area contributed by atoms with Crippen LogP contribution >= 0.6 is 0 Å². The maximum absolute atomic E-state index is 11.5. The van der Waals surface area contributed by atoms with Gasteiger partial charge in [-0.25, -0.2) is 9.67 Å². The molecule has 0 aromatic carbocycles. The van der Waals surface area contributed by atoms with E-state index in [-0.39, 0.29) is 12.5 Å². The minimum Gasteiger partial charge on any atom is -0.354 e. The van der Waals surface area contributed by atoms with Gasteiger partial charge in [0.05, 0.1) is 0 Å². The molecule has 100 valence electrons. The largest absolute Gasteiger partial charge is 0.354 e. The molecule has 2 rings (SSSR count). The molecule has 1 fully saturated rings. The van der Waals surface area contributed by atoms with Gasteiger partial charge in [0.15, 0.2) is 0 Å². The number of hydrogen-bond acceptors (Lipinski definition) is 5. The van der Waals surface area contributed by atoms with Crippen molar-refractivity contribution in [3.8, 4) is 0 Å². The minimum absolute atomic E-state index is 0.0131. The van der Waals surface area contributed by atoms with Crippen LogP contribution in [0.3, 0.4) is 0 Å². The first-order valence-corrected chi connectivity index (χ1v) is 6.37. The molecule has 2 N–H and O–H groups in total. The maximum atomic E-state index is 11.5.